The Hall–Kier alpha value is -3.77. The maximum absolute atomic E-state index is 13.4. The van der Waals surface area contributed by atoms with Gasteiger partial charge < -0.3 is 29.5 Å². The Bertz CT molecular complexity index is 1250. The maximum Gasteiger partial charge on any atom is 0.410 e. The standard InChI is InChI=1S/C29H35N3O7S2/c1-3-4-7-21(18-37-29(36)32(16-22-8-5-12-40-22)17-23-9-6-13-41-23)30-28(35)31(2)24(15-27(33)34)20-10-11-25-26(14-20)39-19-38-25/h5-6,8-14,21,24H,3-4,7,15-19H2,1-2H3,(H,30,35)(H,33,34)/t21-,24-/m0/s1. The lowest BCUT2D eigenvalue weighted by atomic mass is 10.0. The Morgan fingerprint density at radius 2 is 1.73 bits per heavy atom. The molecule has 1 aromatic carbocycles. The van der Waals surface area contributed by atoms with E-state index in [0.29, 0.717) is 36.6 Å². The fourth-order valence-electron chi connectivity index (χ4n) is 4.46. The van der Waals surface area contributed by atoms with Crippen molar-refractivity contribution in [3.8, 4) is 11.5 Å². The predicted molar refractivity (Wildman–Crippen MR) is 156 cm³/mol. The van der Waals surface area contributed by atoms with Gasteiger partial charge in [0.2, 0.25) is 6.79 Å². The van der Waals surface area contributed by atoms with Crippen molar-refractivity contribution in [2.45, 2.75) is 57.8 Å². The summed E-state index contributed by atoms with van der Waals surface area (Å²) >= 11 is 3.15. The van der Waals surface area contributed by atoms with Gasteiger partial charge in [0, 0.05) is 16.8 Å². The summed E-state index contributed by atoms with van der Waals surface area (Å²) in [4.78, 5) is 43.4. The minimum atomic E-state index is -1.04. The molecule has 2 atom stereocenters. The lowest BCUT2D eigenvalue weighted by Gasteiger charge is -2.30. The van der Waals surface area contributed by atoms with Crippen LogP contribution < -0.4 is 14.8 Å². The first kappa shape index (κ1) is 30.2. The van der Waals surface area contributed by atoms with Crippen molar-refractivity contribution in [3.05, 3.63) is 68.5 Å². The number of nitrogens with one attached hydrogen (secondary N) is 1. The fraction of sp³-hybridized carbons (Fsp3) is 0.414. The average Bonchev–Trinajstić information content (AvgIpc) is 3.75. The molecule has 0 spiro atoms. The molecule has 0 unspecified atom stereocenters. The van der Waals surface area contributed by atoms with E-state index in [2.05, 4.69) is 5.32 Å². The lowest BCUT2D eigenvalue weighted by Crippen LogP contribution is -2.47. The molecule has 2 aromatic heterocycles. The van der Waals surface area contributed by atoms with Crippen LogP contribution in [-0.2, 0) is 22.6 Å². The quantitative estimate of drug-likeness (QED) is 0.230. The van der Waals surface area contributed by atoms with Gasteiger partial charge in [-0.2, -0.15) is 0 Å². The number of urea groups is 1. The van der Waals surface area contributed by atoms with Crippen LogP contribution in [0.5, 0.6) is 11.5 Å². The van der Waals surface area contributed by atoms with Crippen LogP contribution >= 0.6 is 22.7 Å². The summed E-state index contributed by atoms with van der Waals surface area (Å²) in [6, 6.07) is 11.3. The van der Waals surface area contributed by atoms with Crippen molar-refractivity contribution in [1.82, 2.24) is 15.1 Å². The second kappa shape index (κ2) is 14.7. The minimum Gasteiger partial charge on any atom is -0.481 e. The summed E-state index contributed by atoms with van der Waals surface area (Å²) in [5, 5.41) is 16.5. The number of carbonyl (C=O) groups is 3. The number of fused-ring (bicyclic) bond motifs is 1. The molecule has 1 aliphatic rings. The molecule has 2 N–H and O–H groups in total. The van der Waals surface area contributed by atoms with Gasteiger partial charge in [0.1, 0.15) is 6.61 Å². The van der Waals surface area contributed by atoms with E-state index in [1.54, 1.807) is 52.8 Å². The molecule has 220 valence electrons. The Kier molecular flexibility index (Phi) is 10.9. The Morgan fingerprint density at radius 3 is 2.34 bits per heavy atom. The van der Waals surface area contributed by atoms with Crippen molar-refractivity contribution < 1.29 is 33.7 Å². The molecule has 3 amide bonds. The van der Waals surface area contributed by atoms with Gasteiger partial charge in [-0.1, -0.05) is 38.0 Å². The number of rotatable bonds is 14. The number of carboxylic acid groups (broad SMARTS) is 1. The summed E-state index contributed by atoms with van der Waals surface area (Å²) < 4.78 is 16.5. The van der Waals surface area contributed by atoms with Crippen LogP contribution in [0.25, 0.3) is 0 Å². The third-order valence-corrected chi connectivity index (χ3v) is 8.41. The van der Waals surface area contributed by atoms with E-state index in [1.807, 2.05) is 41.9 Å². The van der Waals surface area contributed by atoms with E-state index in [1.165, 1.54) is 4.90 Å². The van der Waals surface area contributed by atoms with E-state index >= 15 is 0 Å². The minimum absolute atomic E-state index is 0.00256. The number of benzene rings is 1. The molecule has 0 radical (unpaired) electrons. The van der Waals surface area contributed by atoms with Gasteiger partial charge in [-0.05, 0) is 47.0 Å². The van der Waals surface area contributed by atoms with Gasteiger partial charge >= 0.3 is 18.1 Å². The number of ether oxygens (including phenoxy) is 3. The highest BCUT2D eigenvalue weighted by Crippen LogP contribution is 2.36. The second-order valence-electron chi connectivity index (χ2n) is 9.72. The van der Waals surface area contributed by atoms with E-state index in [0.717, 1.165) is 22.6 Å². The number of unbranched alkanes of at least 4 members (excludes halogenated alkanes) is 1. The number of carboxylic acids is 1. The topological polar surface area (TPSA) is 118 Å². The zero-order chi connectivity index (χ0) is 29.2. The largest absolute Gasteiger partial charge is 0.481 e. The monoisotopic (exact) mass is 601 g/mol. The lowest BCUT2D eigenvalue weighted by molar-refractivity contribution is -0.138. The molecule has 0 saturated heterocycles. The summed E-state index contributed by atoms with van der Waals surface area (Å²) in [6.45, 7) is 2.99. The molecular weight excluding hydrogens is 566 g/mol. The molecule has 41 heavy (non-hydrogen) atoms. The molecule has 0 aliphatic carbocycles. The van der Waals surface area contributed by atoms with Gasteiger partial charge in [-0.3, -0.25) is 9.69 Å². The first-order chi connectivity index (χ1) is 19.8. The second-order valence-corrected chi connectivity index (χ2v) is 11.8. The van der Waals surface area contributed by atoms with E-state index < -0.39 is 30.2 Å². The number of hydrogen-bond donors (Lipinski definition) is 2. The van der Waals surface area contributed by atoms with Crippen molar-refractivity contribution in [2.75, 3.05) is 20.4 Å². The molecule has 4 rings (SSSR count). The normalized spacial score (nSPS) is 13.3. The number of carbonyl (C=O) groups excluding carboxylic acids is 2. The predicted octanol–water partition coefficient (Wildman–Crippen LogP) is 6.09. The van der Waals surface area contributed by atoms with Crippen LogP contribution in [0.2, 0.25) is 0 Å². The third-order valence-electron chi connectivity index (χ3n) is 6.69. The average molecular weight is 602 g/mol. The van der Waals surface area contributed by atoms with Gasteiger partial charge in [0.25, 0.3) is 0 Å². The van der Waals surface area contributed by atoms with Gasteiger partial charge in [-0.15, -0.1) is 22.7 Å². The first-order valence-electron chi connectivity index (χ1n) is 13.4. The molecule has 0 fully saturated rings. The molecule has 1 aliphatic heterocycles. The van der Waals surface area contributed by atoms with E-state index in [4.69, 9.17) is 14.2 Å². The fourth-order valence-corrected chi connectivity index (χ4v) is 5.90. The van der Waals surface area contributed by atoms with Crippen LogP contribution in [0.4, 0.5) is 9.59 Å². The molecule has 12 heteroatoms. The zero-order valence-electron chi connectivity index (χ0n) is 23.1. The number of amides is 3. The van der Waals surface area contributed by atoms with Crippen LogP contribution in [0, 0.1) is 0 Å². The highest BCUT2D eigenvalue weighted by Gasteiger charge is 2.28. The number of nitrogens with zero attached hydrogens (tertiary/aromatic N) is 2. The van der Waals surface area contributed by atoms with Crippen molar-refractivity contribution in [2.24, 2.45) is 0 Å². The third kappa shape index (κ3) is 8.61. The Morgan fingerprint density at radius 1 is 1.05 bits per heavy atom. The number of aliphatic carboxylic acids is 1. The SMILES string of the molecule is CCCC[C@@H](COC(=O)N(Cc1cccs1)Cc1cccs1)NC(=O)N(C)[C@@H](CC(=O)O)c1ccc2c(c1)OCO2. The zero-order valence-corrected chi connectivity index (χ0v) is 24.7. The van der Waals surface area contributed by atoms with Crippen molar-refractivity contribution in [3.63, 3.8) is 0 Å². The van der Waals surface area contributed by atoms with E-state index in [-0.39, 0.29) is 19.8 Å². The summed E-state index contributed by atoms with van der Waals surface area (Å²) in [5.41, 5.74) is 0.614. The van der Waals surface area contributed by atoms with Crippen LogP contribution in [0.3, 0.4) is 0 Å². The van der Waals surface area contributed by atoms with Crippen LogP contribution in [0.1, 0.15) is 54.0 Å². The summed E-state index contributed by atoms with van der Waals surface area (Å²) in [5.74, 6) is 0.0398. The van der Waals surface area contributed by atoms with Crippen molar-refractivity contribution >= 4 is 40.8 Å². The molecule has 3 heterocycles. The number of hydrogen-bond acceptors (Lipinski definition) is 8. The highest BCUT2D eigenvalue weighted by molar-refractivity contribution is 7.10. The first-order valence-corrected chi connectivity index (χ1v) is 15.2. The Balaban J connectivity index is 1.42. The highest BCUT2D eigenvalue weighted by atomic mass is 32.1. The van der Waals surface area contributed by atoms with E-state index in [9.17, 15) is 19.5 Å². The van der Waals surface area contributed by atoms with Crippen molar-refractivity contribution in [1.29, 1.82) is 0 Å². The van der Waals surface area contributed by atoms with Crippen LogP contribution in [-0.4, -0.2) is 59.5 Å². The van der Waals surface area contributed by atoms with Gasteiger partial charge in [0.05, 0.1) is 31.6 Å². The molecule has 3 aromatic rings. The maximum atomic E-state index is 13.4. The Labute approximate surface area is 247 Å². The molecule has 10 nitrogen and oxygen atoms in total. The van der Waals surface area contributed by atoms with Gasteiger partial charge in [0.15, 0.2) is 11.5 Å². The summed E-state index contributed by atoms with van der Waals surface area (Å²) in [7, 11) is 1.56. The van der Waals surface area contributed by atoms with Crippen LogP contribution in [0.15, 0.2) is 53.2 Å². The smallest absolute Gasteiger partial charge is 0.410 e. The number of thiophene rings is 2. The molecule has 0 bridgehead atoms. The summed E-state index contributed by atoms with van der Waals surface area (Å²) in [6.07, 6.45) is 1.57. The van der Waals surface area contributed by atoms with Gasteiger partial charge in [-0.25, -0.2) is 9.59 Å². The molecular formula is C29H35N3O7S2. The molecule has 0 saturated carbocycles.